The first-order valence-electron chi connectivity index (χ1n) is 23.2. The molecule has 0 amide bonds. The number of esters is 2. The molecule has 0 fully saturated rings. The topological polar surface area (TPSA) is 134 Å². The molecule has 0 saturated carbocycles. The van der Waals surface area contributed by atoms with Crippen LogP contribution in [0.15, 0.2) is 12.2 Å². The lowest BCUT2D eigenvalue weighted by Crippen LogP contribution is -2.29. The van der Waals surface area contributed by atoms with E-state index in [0.717, 1.165) is 44.9 Å². The zero-order chi connectivity index (χ0) is 40.3. The van der Waals surface area contributed by atoms with Crippen LogP contribution in [0.3, 0.4) is 0 Å². The third kappa shape index (κ3) is 42.2. The van der Waals surface area contributed by atoms with Crippen molar-refractivity contribution < 1.29 is 37.6 Å². The van der Waals surface area contributed by atoms with Crippen molar-refractivity contribution in [2.24, 2.45) is 5.73 Å². The number of ether oxygens (including phenoxy) is 2. The second-order valence-electron chi connectivity index (χ2n) is 15.6. The minimum absolute atomic E-state index is 0.0556. The van der Waals surface area contributed by atoms with Gasteiger partial charge in [-0.05, 0) is 38.5 Å². The van der Waals surface area contributed by atoms with Crippen molar-refractivity contribution in [3.05, 3.63) is 12.2 Å². The maximum atomic E-state index is 12.6. The number of unbranched alkanes of at least 4 members (excludes halogenated alkanes) is 29. The molecule has 9 nitrogen and oxygen atoms in total. The van der Waals surface area contributed by atoms with Gasteiger partial charge in [-0.3, -0.25) is 18.6 Å². The molecule has 2 atom stereocenters. The molecule has 0 heterocycles. The first-order valence-corrected chi connectivity index (χ1v) is 24.7. The SMILES string of the molecule is CCCCCCCCC/C=C\CCCCCCCCCC(=O)OC(COC(=O)CCCCCCCCCCCCCCCCCC)COP(=O)(O)OCCN. The molecule has 0 spiro atoms. The molecule has 10 heteroatoms. The normalized spacial score (nSPS) is 13.3. The summed E-state index contributed by atoms with van der Waals surface area (Å²) in [5.41, 5.74) is 5.35. The Morgan fingerprint density at radius 1 is 0.527 bits per heavy atom. The van der Waals surface area contributed by atoms with E-state index >= 15 is 0 Å². The lowest BCUT2D eigenvalue weighted by molar-refractivity contribution is -0.161. The van der Waals surface area contributed by atoms with Crippen molar-refractivity contribution in [2.75, 3.05) is 26.4 Å². The van der Waals surface area contributed by atoms with Crippen molar-refractivity contribution in [1.82, 2.24) is 0 Å². The van der Waals surface area contributed by atoms with Gasteiger partial charge in [0, 0.05) is 19.4 Å². The van der Waals surface area contributed by atoms with Gasteiger partial charge in [-0.2, -0.15) is 0 Å². The van der Waals surface area contributed by atoms with E-state index in [0.29, 0.717) is 6.42 Å². The van der Waals surface area contributed by atoms with Crippen LogP contribution in [0.4, 0.5) is 0 Å². The number of phosphoric ester groups is 1. The van der Waals surface area contributed by atoms with Crippen LogP contribution in [0.1, 0.15) is 232 Å². The number of hydrogen-bond donors (Lipinski definition) is 2. The average molecular weight is 802 g/mol. The molecule has 0 aromatic rings. The van der Waals surface area contributed by atoms with E-state index in [1.54, 1.807) is 0 Å². The van der Waals surface area contributed by atoms with Gasteiger partial charge < -0.3 is 20.1 Å². The number of phosphoric acid groups is 1. The molecule has 0 aromatic carbocycles. The first kappa shape index (κ1) is 53.8. The highest BCUT2D eigenvalue weighted by Crippen LogP contribution is 2.43. The third-order valence-electron chi connectivity index (χ3n) is 10.2. The molecule has 0 aromatic heterocycles. The molecule has 0 rings (SSSR count). The van der Waals surface area contributed by atoms with E-state index in [-0.39, 0.29) is 38.6 Å². The Bertz CT molecular complexity index is 917. The summed E-state index contributed by atoms with van der Waals surface area (Å²) < 4.78 is 32.8. The van der Waals surface area contributed by atoms with Crippen LogP contribution in [0, 0.1) is 0 Å². The van der Waals surface area contributed by atoms with Crippen LogP contribution >= 0.6 is 7.82 Å². The van der Waals surface area contributed by atoms with Gasteiger partial charge in [0.15, 0.2) is 6.10 Å². The third-order valence-corrected chi connectivity index (χ3v) is 11.1. The molecule has 3 N–H and O–H groups in total. The maximum Gasteiger partial charge on any atom is 0.472 e. The lowest BCUT2D eigenvalue weighted by Gasteiger charge is -2.19. The van der Waals surface area contributed by atoms with E-state index in [2.05, 4.69) is 26.0 Å². The Morgan fingerprint density at radius 2 is 0.891 bits per heavy atom. The fourth-order valence-electron chi connectivity index (χ4n) is 6.69. The van der Waals surface area contributed by atoms with E-state index in [9.17, 15) is 19.0 Å². The standard InChI is InChI=1S/C45H88NO8P/c1-3-5-7-9-11-13-15-17-19-21-22-24-26-28-30-32-34-36-38-45(48)54-43(42-53-55(49,50)52-40-39-46)41-51-44(47)37-35-33-31-29-27-25-23-20-18-16-14-12-10-8-6-4-2/h19,21,43H,3-18,20,22-42,46H2,1-2H3,(H,49,50)/b21-19-. The van der Waals surface area contributed by atoms with Crippen molar-refractivity contribution in [2.45, 2.75) is 238 Å². The number of carbonyl (C=O) groups excluding carboxylic acids is 2. The second-order valence-corrected chi connectivity index (χ2v) is 17.1. The second kappa shape index (κ2) is 42.4. The van der Waals surface area contributed by atoms with Crippen molar-refractivity contribution in [3.63, 3.8) is 0 Å². The first-order chi connectivity index (χ1) is 26.8. The Hall–Kier alpha value is -1.25. The van der Waals surface area contributed by atoms with Crippen LogP contribution < -0.4 is 5.73 Å². The largest absolute Gasteiger partial charge is 0.472 e. The monoisotopic (exact) mass is 802 g/mol. The Kier molecular flexibility index (Phi) is 41.4. The fraction of sp³-hybridized carbons (Fsp3) is 0.911. The summed E-state index contributed by atoms with van der Waals surface area (Å²) in [6.07, 6.45) is 43.8. The van der Waals surface area contributed by atoms with E-state index < -0.39 is 26.5 Å². The van der Waals surface area contributed by atoms with Gasteiger partial charge in [0.25, 0.3) is 0 Å². The smallest absolute Gasteiger partial charge is 0.462 e. The number of rotatable bonds is 44. The maximum absolute atomic E-state index is 12.6. The van der Waals surface area contributed by atoms with Crippen LogP contribution in [0.5, 0.6) is 0 Å². The minimum Gasteiger partial charge on any atom is -0.462 e. The van der Waals surface area contributed by atoms with E-state index in [4.69, 9.17) is 24.3 Å². The zero-order valence-electron chi connectivity index (χ0n) is 35.9. The zero-order valence-corrected chi connectivity index (χ0v) is 36.8. The Morgan fingerprint density at radius 3 is 1.29 bits per heavy atom. The van der Waals surface area contributed by atoms with E-state index in [1.807, 2.05) is 0 Å². The fourth-order valence-corrected chi connectivity index (χ4v) is 7.45. The highest BCUT2D eigenvalue weighted by atomic mass is 31.2. The lowest BCUT2D eigenvalue weighted by atomic mass is 10.0. The number of hydrogen-bond acceptors (Lipinski definition) is 8. The van der Waals surface area contributed by atoms with Gasteiger partial charge in [0.1, 0.15) is 6.61 Å². The summed E-state index contributed by atoms with van der Waals surface area (Å²) in [6, 6.07) is 0. The molecule has 0 aliphatic carbocycles. The minimum atomic E-state index is -4.37. The predicted molar refractivity (Wildman–Crippen MR) is 229 cm³/mol. The molecule has 0 radical (unpaired) electrons. The molecule has 0 aliphatic rings. The summed E-state index contributed by atoms with van der Waals surface area (Å²) in [4.78, 5) is 34.9. The summed E-state index contributed by atoms with van der Waals surface area (Å²) >= 11 is 0. The van der Waals surface area contributed by atoms with Gasteiger partial charge in [-0.1, -0.05) is 193 Å². The highest BCUT2D eigenvalue weighted by molar-refractivity contribution is 7.47. The molecular formula is C45H88NO8P. The molecule has 0 saturated heterocycles. The molecule has 2 unspecified atom stereocenters. The highest BCUT2D eigenvalue weighted by Gasteiger charge is 2.26. The quantitative estimate of drug-likeness (QED) is 0.0267. The van der Waals surface area contributed by atoms with Gasteiger partial charge in [-0.25, -0.2) is 4.57 Å². The van der Waals surface area contributed by atoms with E-state index in [1.165, 1.54) is 154 Å². The van der Waals surface area contributed by atoms with Gasteiger partial charge in [0.2, 0.25) is 0 Å². The summed E-state index contributed by atoms with van der Waals surface area (Å²) in [6.45, 7) is 3.76. The molecule has 326 valence electrons. The number of allylic oxidation sites excluding steroid dienone is 2. The Labute approximate surface area is 339 Å². The number of nitrogens with two attached hydrogens (primary N) is 1. The molecule has 0 aliphatic heterocycles. The van der Waals surface area contributed by atoms with Crippen molar-refractivity contribution in [1.29, 1.82) is 0 Å². The van der Waals surface area contributed by atoms with Crippen LogP contribution in [-0.4, -0.2) is 49.3 Å². The Balaban J connectivity index is 4.09. The molecule has 55 heavy (non-hydrogen) atoms. The molecular weight excluding hydrogens is 713 g/mol. The van der Waals surface area contributed by atoms with Crippen LogP contribution in [0.25, 0.3) is 0 Å². The van der Waals surface area contributed by atoms with Gasteiger partial charge in [-0.15, -0.1) is 0 Å². The average Bonchev–Trinajstić information content (AvgIpc) is 3.17. The number of carbonyl (C=O) groups is 2. The van der Waals surface area contributed by atoms with Gasteiger partial charge in [0.05, 0.1) is 13.2 Å². The summed E-state index contributed by atoms with van der Waals surface area (Å²) in [7, 11) is -4.37. The summed E-state index contributed by atoms with van der Waals surface area (Å²) in [5.74, 6) is -0.820. The van der Waals surface area contributed by atoms with Gasteiger partial charge >= 0.3 is 19.8 Å². The molecule has 0 bridgehead atoms. The van der Waals surface area contributed by atoms with Crippen molar-refractivity contribution in [3.8, 4) is 0 Å². The van der Waals surface area contributed by atoms with Crippen LogP contribution in [-0.2, 0) is 32.7 Å². The van der Waals surface area contributed by atoms with Crippen molar-refractivity contribution >= 4 is 19.8 Å². The predicted octanol–water partition coefficient (Wildman–Crippen LogP) is 13.4. The van der Waals surface area contributed by atoms with Crippen LogP contribution in [0.2, 0.25) is 0 Å². The summed E-state index contributed by atoms with van der Waals surface area (Å²) in [5, 5.41) is 0.